The maximum absolute atomic E-state index is 12.5. The van der Waals surface area contributed by atoms with Gasteiger partial charge in [0.05, 0.1) is 6.10 Å². The molecule has 1 unspecified atom stereocenters. The first-order chi connectivity index (χ1) is 11.7. The Kier molecular flexibility index (Phi) is 5.41. The van der Waals surface area contributed by atoms with Crippen molar-refractivity contribution in [2.24, 2.45) is 0 Å². The summed E-state index contributed by atoms with van der Waals surface area (Å²) in [6, 6.07) is 19.5. The standard InChI is InChI=1S/C20H19NO2S/c22-19(17-10-11-24-14-17)13-21-20(23)18-9-5-4-8-16(18)12-15-6-2-1-3-7-15/h1-11,14,19,22H,12-13H2,(H,21,23). The lowest BCUT2D eigenvalue weighted by Gasteiger charge is -2.13. The van der Waals surface area contributed by atoms with Gasteiger partial charge in [0.2, 0.25) is 0 Å². The molecule has 1 atom stereocenters. The van der Waals surface area contributed by atoms with E-state index in [2.05, 4.69) is 17.4 Å². The van der Waals surface area contributed by atoms with Gasteiger partial charge in [0.1, 0.15) is 0 Å². The third-order valence-electron chi connectivity index (χ3n) is 3.88. The molecule has 0 aliphatic rings. The molecule has 0 bridgehead atoms. The molecule has 0 aliphatic heterocycles. The minimum Gasteiger partial charge on any atom is -0.387 e. The number of aliphatic hydroxyl groups is 1. The number of aliphatic hydroxyl groups excluding tert-OH is 1. The molecule has 1 heterocycles. The van der Waals surface area contributed by atoms with E-state index in [1.807, 2.05) is 59.3 Å². The lowest BCUT2D eigenvalue weighted by Crippen LogP contribution is -2.29. The Hall–Kier alpha value is -2.43. The summed E-state index contributed by atoms with van der Waals surface area (Å²) in [5, 5.41) is 16.7. The van der Waals surface area contributed by atoms with Gasteiger partial charge in [0.25, 0.3) is 5.91 Å². The number of hydrogen-bond donors (Lipinski definition) is 2. The fraction of sp³-hybridized carbons (Fsp3) is 0.150. The van der Waals surface area contributed by atoms with Crippen molar-refractivity contribution < 1.29 is 9.90 Å². The zero-order valence-electron chi connectivity index (χ0n) is 13.2. The van der Waals surface area contributed by atoms with E-state index < -0.39 is 6.10 Å². The molecular formula is C20H19NO2S. The van der Waals surface area contributed by atoms with Gasteiger partial charge >= 0.3 is 0 Å². The van der Waals surface area contributed by atoms with Gasteiger partial charge in [-0.1, -0.05) is 48.5 Å². The van der Waals surface area contributed by atoms with E-state index in [-0.39, 0.29) is 12.5 Å². The van der Waals surface area contributed by atoms with Gasteiger partial charge in [0, 0.05) is 12.1 Å². The van der Waals surface area contributed by atoms with Gasteiger partial charge in [-0.2, -0.15) is 11.3 Å². The molecule has 3 nitrogen and oxygen atoms in total. The van der Waals surface area contributed by atoms with Gasteiger partial charge in [-0.3, -0.25) is 4.79 Å². The van der Waals surface area contributed by atoms with Crippen LogP contribution in [0.4, 0.5) is 0 Å². The van der Waals surface area contributed by atoms with E-state index in [4.69, 9.17) is 0 Å². The Bertz CT molecular complexity index is 784. The molecule has 0 radical (unpaired) electrons. The zero-order chi connectivity index (χ0) is 16.8. The number of amides is 1. The number of carbonyl (C=O) groups is 1. The first kappa shape index (κ1) is 16.4. The minimum absolute atomic E-state index is 0.157. The molecule has 2 aromatic carbocycles. The maximum atomic E-state index is 12.5. The van der Waals surface area contributed by atoms with Gasteiger partial charge in [-0.25, -0.2) is 0 Å². The summed E-state index contributed by atoms with van der Waals surface area (Å²) in [5.41, 5.74) is 3.62. The summed E-state index contributed by atoms with van der Waals surface area (Å²) in [6.07, 6.45) is 0.0267. The molecule has 4 heteroatoms. The zero-order valence-corrected chi connectivity index (χ0v) is 14.0. The number of thiophene rings is 1. The number of nitrogens with one attached hydrogen (secondary N) is 1. The van der Waals surface area contributed by atoms with Crippen molar-refractivity contribution in [3.63, 3.8) is 0 Å². The summed E-state index contributed by atoms with van der Waals surface area (Å²) in [6.45, 7) is 0.204. The number of carbonyl (C=O) groups excluding carboxylic acids is 1. The monoisotopic (exact) mass is 337 g/mol. The van der Waals surface area contributed by atoms with Crippen molar-refractivity contribution in [1.29, 1.82) is 0 Å². The van der Waals surface area contributed by atoms with E-state index in [1.54, 1.807) is 0 Å². The van der Waals surface area contributed by atoms with Crippen molar-refractivity contribution in [3.05, 3.63) is 93.7 Å². The highest BCUT2D eigenvalue weighted by Crippen LogP contribution is 2.17. The summed E-state index contributed by atoms with van der Waals surface area (Å²) >= 11 is 1.53. The number of hydrogen-bond acceptors (Lipinski definition) is 3. The van der Waals surface area contributed by atoms with Gasteiger partial charge in [0.15, 0.2) is 0 Å². The minimum atomic E-state index is -0.679. The molecule has 1 aromatic heterocycles. The summed E-state index contributed by atoms with van der Waals surface area (Å²) in [5.74, 6) is -0.157. The van der Waals surface area contributed by atoms with Gasteiger partial charge in [-0.15, -0.1) is 0 Å². The summed E-state index contributed by atoms with van der Waals surface area (Å²) in [4.78, 5) is 12.5. The molecule has 3 aromatic rings. The van der Waals surface area contributed by atoms with E-state index in [0.29, 0.717) is 12.0 Å². The van der Waals surface area contributed by atoms with Crippen LogP contribution in [-0.2, 0) is 6.42 Å². The van der Waals surface area contributed by atoms with Crippen LogP contribution in [0, 0.1) is 0 Å². The van der Waals surface area contributed by atoms with Crippen molar-refractivity contribution in [2.45, 2.75) is 12.5 Å². The normalized spacial score (nSPS) is 11.9. The molecule has 3 rings (SSSR count). The molecule has 0 spiro atoms. The lowest BCUT2D eigenvalue weighted by atomic mass is 9.99. The molecule has 0 saturated carbocycles. The van der Waals surface area contributed by atoms with Crippen LogP contribution in [0.5, 0.6) is 0 Å². The summed E-state index contributed by atoms with van der Waals surface area (Å²) < 4.78 is 0. The van der Waals surface area contributed by atoms with Crippen molar-refractivity contribution >= 4 is 17.2 Å². The van der Waals surface area contributed by atoms with E-state index in [0.717, 1.165) is 16.7 Å². The van der Waals surface area contributed by atoms with Crippen LogP contribution in [0.1, 0.15) is 33.2 Å². The smallest absolute Gasteiger partial charge is 0.251 e. The second-order valence-corrected chi connectivity index (χ2v) is 6.38. The van der Waals surface area contributed by atoms with Crippen LogP contribution in [0.2, 0.25) is 0 Å². The number of benzene rings is 2. The predicted octanol–water partition coefficient (Wildman–Crippen LogP) is 3.80. The molecule has 0 aliphatic carbocycles. The molecule has 0 fully saturated rings. The van der Waals surface area contributed by atoms with Gasteiger partial charge < -0.3 is 10.4 Å². The second-order valence-electron chi connectivity index (χ2n) is 5.60. The van der Waals surface area contributed by atoms with E-state index in [9.17, 15) is 9.90 Å². The Morgan fingerprint density at radius 3 is 2.54 bits per heavy atom. The SMILES string of the molecule is O=C(NCC(O)c1ccsc1)c1ccccc1Cc1ccccc1. The van der Waals surface area contributed by atoms with Crippen LogP contribution in [-0.4, -0.2) is 17.6 Å². The second kappa shape index (κ2) is 7.90. The van der Waals surface area contributed by atoms with Crippen LogP contribution in [0.25, 0.3) is 0 Å². The molecule has 2 N–H and O–H groups in total. The largest absolute Gasteiger partial charge is 0.387 e. The van der Waals surface area contributed by atoms with Crippen molar-refractivity contribution in [2.75, 3.05) is 6.54 Å². The highest BCUT2D eigenvalue weighted by atomic mass is 32.1. The molecular weight excluding hydrogens is 318 g/mol. The fourth-order valence-electron chi connectivity index (χ4n) is 2.58. The summed E-state index contributed by atoms with van der Waals surface area (Å²) in [7, 11) is 0. The molecule has 1 amide bonds. The highest BCUT2D eigenvalue weighted by molar-refractivity contribution is 7.07. The Morgan fingerprint density at radius 2 is 1.79 bits per heavy atom. The first-order valence-corrected chi connectivity index (χ1v) is 8.78. The predicted molar refractivity (Wildman–Crippen MR) is 97.3 cm³/mol. The quantitative estimate of drug-likeness (QED) is 0.719. The lowest BCUT2D eigenvalue weighted by molar-refractivity contribution is 0.0915. The van der Waals surface area contributed by atoms with Crippen LogP contribution in [0.15, 0.2) is 71.4 Å². The fourth-order valence-corrected chi connectivity index (χ4v) is 3.29. The Balaban J connectivity index is 1.68. The third kappa shape index (κ3) is 4.10. The molecule has 24 heavy (non-hydrogen) atoms. The maximum Gasteiger partial charge on any atom is 0.251 e. The van der Waals surface area contributed by atoms with Crippen LogP contribution < -0.4 is 5.32 Å². The highest BCUT2D eigenvalue weighted by Gasteiger charge is 2.14. The molecule has 0 saturated heterocycles. The third-order valence-corrected chi connectivity index (χ3v) is 4.58. The van der Waals surface area contributed by atoms with Crippen LogP contribution >= 0.6 is 11.3 Å². The molecule has 122 valence electrons. The average molecular weight is 337 g/mol. The Morgan fingerprint density at radius 1 is 1.04 bits per heavy atom. The average Bonchev–Trinajstić information content (AvgIpc) is 3.15. The number of rotatable bonds is 6. The van der Waals surface area contributed by atoms with Crippen LogP contribution in [0.3, 0.4) is 0 Å². The van der Waals surface area contributed by atoms with E-state index in [1.165, 1.54) is 11.3 Å². The van der Waals surface area contributed by atoms with Crippen molar-refractivity contribution in [1.82, 2.24) is 5.32 Å². The van der Waals surface area contributed by atoms with Gasteiger partial charge in [-0.05, 0) is 46.0 Å². The topological polar surface area (TPSA) is 49.3 Å². The van der Waals surface area contributed by atoms with Crippen molar-refractivity contribution in [3.8, 4) is 0 Å². The first-order valence-electron chi connectivity index (χ1n) is 7.84. The Labute approximate surface area is 145 Å². The van der Waals surface area contributed by atoms with E-state index >= 15 is 0 Å².